The lowest BCUT2D eigenvalue weighted by Crippen LogP contribution is -2.27. The van der Waals surface area contributed by atoms with Gasteiger partial charge in [0.1, 0.15) is 5.75 Å². The summed E-state index contributed by atoms with van der Waals surface area (Å²) in [4.78, 5) is 38.8. The summed E-state index contributed by atoms with van der Waals surface area (Å²) in [7, 11) is 0. The third kappa shape index (κ3) is 6.38. The summed E-state index contributed by atoms with van der Waals surface area (Å²) in [5, 5.41) is 3.50. The summed E-state index contributed by atoms with van der Waals surface area (Å²) < 4.78 is 5.51. The largest absolute Gasteiger partial charge is 0.482 e. The van der Waals surface area contributed by atoms with Crippen molar-refractivity contribution in [3.8, 4) is 5.75 Å². The molecule has 0 aliphatic carbocycles. The number of hydrogen-bond acceptors (Lipinski definition) is 5. The minimum absolute atomic E-state index is 0.131. The molecule has 1 heterocycles. The lowest BCUT2D eigenvalue weighted by molar-refractivity contribution is -0.123. The van der Waals surface area contributed by atoms with Crippen molar-refractivity contribution in [2.24, 2.45) is 0 Å². The molecule has 10 heteroatoms. The SMILES string of the molecule is O=C(COc1ccc(/C=C2\SC(=O)N(Cc3cccc(Cl)c3)C2=O)cc1Cl)Nc1ccccc1Cl. The van der Waals surface area contributed by atoms with Crippen LogP contribution in [0.5, 0.6) is 5.75 Å². The molecule has 0 bridgehead atoms. The van der Waals surface area contributed by atoms with Crippen LogP contribution in [0.3, 0.4) is 0 Å². The number of carbonyl (C=O) groups is 3. The topological polar surface area (TPSA) is 75.7 Å². The van der Waals surface area contributed by atoms with E-state index in [9.17, 15) is 14.4 Å². The van der Waals surface area contributed by atoms with Crippen molar-refractivity contribution in [1.82, 2.24) is 4.90 Å². The van der Waals surface area contributed by atoms with Crippen LogP contribution in [-0.4, -0.2) is 28.6 Å². The molecule has 0 radical (unpaired) electrons. The maximum absolute atomic E-state index is 12.8. The molecule has 0 saturated carbocycles. The molecule has 0 atom stereocenters. The van der Waals surface area contributed by atoms with Crippen molar-refractivity contribution in [2.45, 2.75) is 6.54 Å². The van der Waals surface area contributed by atoms with Crippen LogP contribution in [0.1, 0.15) is 11.1 Å². The molecule has 1 saturated heterocycles. The number of nitrogens with zero attached hydrogens (tertiary/aromatic N) is 1. The second-order valence-electron chi connectivity index (χ2n) is 7.40. The Bertz CT molecular complexity index is 1350. The second kappa shape index (κ2) is 11.2. The van der Waals surface area contributed by atoms with Crippen molar-refractivity contribution >= 4 is 75.4 Å². The average Bonchev–Trinajstić information content (AvgIpc) is 3.07. The number of halogens is 3. The van der Waals surface area contributed by atoms with Gasteiger partial charge >= 0.3 is 0 Å². The number of para-hydroxylation sites is 1. The molecule has 178 valence electrons. The molecule has 0 spiro atoms. The lowest BCUT2D eigenvalue weighted by atomic mass is 10.2. The number of amides is 3. The number of anilines is 1. The van der Waals surface area contributed by atoms with E-state index in [1.54, 1.807) is 72.8 Å². The molecule has 3 amide bonds. The van der Waals surface area contributed by atoms with Gasteiger partial charge in [-0.05, 0) is 65.4 Å². The van der Waals surface area contributed by atoms with E-state index in [-0.39, 0.29) is 28.3 Å². The first-order valence-corrected chi connectivity index (χ1v) is 12.2. The number of ether oxygens (including phenoxy) is 1. The lowest BCUT2D eigenvalue weighted by Gasteiger charge is -2.12. The van der Waals surface area contributed by atoms with E-state index in [0.717, 1.165) is 17.3 Å². The minimum atomic E-state index is -0.397. The molecule has 0 aromatic heterocycles. The van der Waals surface area contributed by atoms with E-state index >= 15 is 0 Å². The molecule has 1 fully saturated rings. The van der Waals surface area contributed by atoms with Gasteiger partial charge in [0.2, 0.25) is 0 Å². The quantitative estimate of drug-likeness (QED) is 0.326. The number of hydrogen-bond donors (Lipinski definition) is 1. The Balaban J connectivity index is 1.39. The van der Waals surface area contributed by atoms with Crippen LogP contribution >= 0.6 is 46.6 Å². The summed E-state index contributed by atoms with van der Waals surface area (Å²) in [6.07, 6.45) is 1.59. The third-order valence-corrected chi connectivity index (χ3v) is 6.63. The Kier molecular flexibility index (Phi) is 8.03. The summed E-state index contributed by atoms with van der Waals surface area (Å²) in [6.45, 7) is -0.140. The van der Waals surface area contributed by atoms with Crippen molar-refractivity contribution in [3.63, 3.8) is 0 Å². The van der Waals surface area contributed by atoms with Crippen LogP contribution in [0.15, 0.2) is 71.6 Å². The van der Waals surface area contributed by atoms with Gasteiger partial charge in [-0.15, -0.1) is 0 Å². The summed E-state index contributed by atoms with van der Waals surface area (Å²) >= 11 is 19.2. The first-order chi connectivity index (χ1) is 16.8. The highest BCUT2D eigenvalue weighted by Crippen LogP contribution is 2.35. The molecule has 4 rings (SSSR count). The van der Waals surface area contributed by atoms with Crippen LogP contribution in [-0.2, 0) is 16.1 Å². The molecule has 35 heavy (non-hydrogen) atoms. The molecular weight excluding hydrogens is 531 g/mol. The average molecular weight is 548 g/mol. The number of nitrogens with one attached hydrogen (secondary N) is 1. The molecule has 3 aromatic rings. The Labute approximate surface area is 220 Å². The second-order valence-corrected chi connectivity index (χ2v) is 9.65. The van der Waals surface area contributed by atoms with Gasteiger partial charge in [-0.1, -0.05) is 65.1 Å². The molecular formula is C25H17Cl3N2O4S. The van der Waals surface area contributed by atoms with Gasteiger partial charge in [0.25, 0.3) is 17.1 Å². The molecule has 0 unspecified atom stereocenters. The highest BCUT2D eigenvalue weighted by Gasteiger charge is 2.35. The van der Waals surface area contributed by atoms with Crippen LogP contribution in [0.4, 0.5) is 10.5 Å². The molecule has 1 aliphatic heterocycles. The minimum Gasteiger partial charge on any atom is -0.482 e. The number of imide groups is 1. The van der Waals surface area contributed by atoms with E-state index in [2.05, 4.69) is 5.32 Å². The van der Waals surface area contributed by atoms with Crippen molar-refractivity contribution in [1.29, 1.82) is 0 Å². The summed E-state index contributed by atoms with van der Waals surface area (Å²) in [5.41, 5.74) is 1.84. The van der Waals surface area contributed by atoms with Crippen LogP contribution < -0.4 is 10.1 Å². The monoisotopic (exact) mass is 546 g/mol. The standard InChI is InChI=1S/C25H17Cl3N2O4S/c26-17-5-3-4-16(10-17)13-30-24(32)22(35-25(30)33)12-15-8-9-21(19(28)11-15)34-14-23(31)29-20-7-2-1-6-18(20)27/h1-12H,13-14H2,(H,29,31)/b22-12-. The Morgan fingerprint density at radius 2 is 1.77 bits per heavy atom. The summed E-state index contributed by atoms with van der Waals surface area (Å²) in [6, 6.07) is 18.7. The number of carbonyl (C=O) groups excluding carboxylic acids is 3. The fourth-order valence-electron chi connectivity index (χ4n) is 3.22. The van der Waals surface area contributed by atoms with E-state index in [1.165, 1.54) is 4.90 Å². The van der Waals surface area contributed by atoms with Crippen LogP contribution in [0, 0.1) is 0 Å². The molecule has 6 nitrogen and oxygen atoms in total. The first-order valence-electron chi connectivity index (χ1n) is 10.3. The van der Waals surface area contributed by atoms with Gasteiger partial charge in [0, 0.05) is 5.02 Å². The van der Waals surface area contributed by atoms with Crippen LogP contribution in [0.2, 0.25) is 15.1 Å². The van der Waals surface area contributed by atoms with Gasteiger partial charge in [0.05, 0.1) is 27.2 Å². The maximum Gasteiger partial charge on any atom is 0.293 e. The van der Waals surface area contributed by atoms with E-state index in [0.29, 0.717) is 27.0 Å². The number of thioether (sulfide) groups is 1. The maximum atomic E-state index is 12.8. The number of rotatable bonds is 7. The fourth-order valence-corrected chi connectivity index (χ4v) is 4.70. The molecule has 1 aliphatic rings. The Morgan fingerprint density at radius 1 is 0.971 bits per heavy atom. The number of benzene rings is 3. The van der Waals surface area contributed by atoms with Crippen molar-refractivity contribution in [2.75, 3.05) is 11.9 Å². The normalized spacial score (nSPS) is 14.5. The predicted molar refractivity (Wildman–Crippen MR) is 140 cm³/mol. The highest BCUT2D eigenvalue weighted by atomic mass is 35.5. The molecule has 1 N–H and O–H groups in total. The molecule has 3 aromatic carbocycles. The zero-order valence-electron chi connectivity index (χ0n) is 18.0. The van der Waals surface area contributed by atoms with Crippen LogP contribution in [0.25, 0.3) is 6.08 Å². The smallest absolute Gasteiger partial charge is 0.293 e. The third-order valence-electron chi connectivity index (χ3n) is 4.86. The zero-order valence-corrected chi connectivity index (χ0v) is 21.0. The highest BCUT2D eigenvalue weighted by molar-refractivity contribution is 8.18. The van der Waals surface area contributed by atoms with E-state index in [1.807, 2.05) is 0 Å². The Hall–Kier alpha value is -2.97. The van der Waals surface area contributed by atoms with Crippen molar-refractivity contribution < 1.29 is 19.1 Å². The zero-order chi connectivity index (χ0) is 24.9. The fraction of sp³-hybridized carbons (Fsp3) is 0.0800. The van der Waals surface area contributed by atoms with Gasteiger partial charge in [-0.3, -0.25) is 19.3 Å². The van der Waals surface area contributed by atoms with Gasteiger partial charge in [0.15, 0.2) is 6.61 Å². The van der Waals surface area contributed by atoms with E-state index in [4.69, 9.17) is 39.5 Å². The van der Waals surface area contributed by atoms with Crippen molar-refractivity contribution in [3.05, 3.63) is 97.8 Å². The Morgan fingerprint density at radius 3 is 2.51 bits per heavy atom. The van der Waals surface area contributed by atoms with Gasteiger partial charge < -0.3 is 10.1 Å². The van der Waals surface area contributed by atoms with Gasteiger partial charge in [-0.25, -0.2) is 0 Å². The van der Waals surface area contributed by atoms with Gasteiger partial charge in [-0.2, -0.15) is 0 Å². The van der Waals surface area contributed by atoms with E-state index < -0.39 is 11.8 Å². The summed E-state index contributed by atoms with van der Waals surface area (Å²) in [5.74, 6) is -0.494. The predicted octanol–water partition coefficient (Wildman–Crippen LogP) is 6.90. The first kappa shape index (κ1) is 25.1.